The Morgan fingerprint density at radius 1 is 1.38 bits per heavy atom. The van der Waals surface area contributed by atoms with Crippen molar-refractivity contribution in [1.82, 2.24) is 5.32 Å². The van der Waals surface area contributed by atoms with Crippen LogP contribution >= 0.6 is 0 Å². The molecule has 88 valence electrons. The minimum atomic E-state index is -1.02. The van der Waals surface area contributed by atoms with E-state index in [-0.39, 0.29) is 11.6 Å². The number of carbonyl (C=O) groups is 1. The van der Waals surface area contributed by atoms with Crippen molar-refractivity contribution in [2.75, 3.05) is 0 Å². The van der Waals surface area contributed by atoms with Gasteiger partial charge in [0.15, 0.2) is 0 Å². The molecule has 3 nitrogen and oxygen atoms in total. The van der Waals surface area contributed by atoms with Crippen LogP contribution in [0.1, 0.15) is 25.5 Å². The molecule has 0 spiro atoms. The van der Waals surface area contributed by atoms with E-state index in [1.54, 1.807) is 13.8 Å². The highest BCUT2D eigenvalue weighted by atomic mass is 19.1. The van der Waals surface area contributed by atoms with Gasteiger partial charge in [0.2, 0.25) is 5.91 Å². The predicted octanol–water partition coefficient (Wildman–Crippen LogP) is 1.49. The summed E-state index contributed by atoms with van der Waals surface area (Å²) in [6.07, 6.45) is 0. The van der Waals surface area contributed by atoms with Crippen LogP contribution in [0, 0.1) is 11.6 Å². The minimum Gasteiger partial charge on any atom is -0.368 e. The van der Waals surface area contributed by atoms with Crippen LogP contribution in [0.25, 0.3) is 0 Å². The van der Waals surface area contributed by atoms with Crippen LogP contribution in [0.15, 0.2) is 18.2 Å². The number of carbonyl (C=O) groups excluding carboxylic acids is 1. The number of primary amides is 1. The van der Waals surface area contributed by atoms with Gasteiger partial charge in [0.1, 0.15) is 17.7 Å². The predicted molar refractivity (Wildman–Crippen MR) is 56.6 cm³/mol. The summed E-state index contributed by atoms with van der Waals surface area (Å²) in [5.41, 5.74) is 5.08. The lowest BCUT2D eigenvalue weighted by Crippen LogP contribution is -2.38. The van der Waals surface area contributed by atoms with Crippen molar-refractivity contribution in [1.29, 1.82) is 0 Å². The first-order valence-corrected chi connectivity index (χ1v) is 4.92. The summed E-state index contributed by atoms with van der Waals surface area (Å²) in [4.78, 5) is 11.2. The molecule has 0 heterocycles. The zero-order valence-corrected chi connectivity index (χ0v) is 9.13. The maximum atomic E-state index is 13.4. The molecule has 0 aliphatic heterocycles. The number of benzene rings is 1. The molecule has 1 aromatic rings. The molecule has 1 unspecified atom stereocenters. The third-order valence-electron chi connectivity index (χ3n) is 2.05. The van der Waals surface area contributed by atoms with E-state index in [9.17, 15) is 13.6 Å². The molecule has 0 aliphatic rings. The van der Waals surface area contributed by atoms with Crippen LogP contribution in [0.2, 0.25) is 0 Å². The molecule has 0 radical (unpaired) electrons. The van der Waals surface area contributed by atoms with E-state index < -0.39 is 23.6 Å². The van der Waals surface area contributed by atoms with E-state index in [1.807, 2.05) is 0 Å². The third-order valence-corrected chi connectivity index (χ3v) is 2.05. The van der Waals surface area contributed by atoms with Crippen LogP contribution in [0.5, 0.6) is 0 Å². The van der Waals surface area contributed by atoms with Crippen molar-refractivity contribution in [3.05, 3.63) is 35.4 Å². The van der Waals surface area contributed by atoms with Crippen molar-refractivity contribution in [2.45, 2.75) is 25.9 Å². The minimum absolute atomic E-state index is 0.0683. The van der Waals surface area contributed by atoms with E-state index in [4.69, 9.17) is 5.73 Å². The Hall–Kier alpha value is -1.49. The smallest absolute Gasteiger partial charge is 0.239 e. The van der Waals surface area contributed by atoms with Gasteiger partial charge in [-0.2, -0.15) is 0 Å². The molecule has 1 amide bonds. The molecule has 5 heteroatoms. The molecule has 0 fully saturated rings. The van der Waals surface area contributed by atoms with Gasteiger partial charge in [0.05, 0.1) is 0 Å². The Bertz CT molecular complexity index is 394. The van der Waals surface area contributed by atoms with Crippen LogP contribution < -0.4 is 11.1 Å². The molecule has 16 heavy (non-hydrogen) atoms. The Morgan fingerprint density at radius 3 is 2.50 bits per heavy atom. The van der Waals surface area contributed by atoms with Gasteiger partial charge in [-0.25, -0.2) is 8.78 Å². The Morgan fingerprint density at radius 2 is 2.00 bits per heavy atom. The number of halogens is 2. The van der Waals surface area contributed by atoms with Gasteiger partial charge in [-0.15, -0.1) is 0 Å². The lowest BCUT2D eigenvalue weighted by Gasteiger charge is -2.19. The molecule has 0 saturated heterocycles. The zero-order valence-electron chi connectivity index (χ0n) is 9.13. The number of hydrogen-bond donors (Lipinski definition) is 2. The molecular weight excluding hydrogens is 214 g/mol. The molecule has 0 bridgehead atoms. The molecule has 3 N–H and O–H groups in total. The van der Waals surface area contributed by atoms with Gasteiger partial charge in [-0.3, -0.25) is 10.1 Å². The first kappa shape index (κ1) is 12.6. The topological polar surface area (TPSA) is 55.1 Å². The summed E-state index contributed by atoms with van der Waals surface area (Å²) in [5.74, 6) is -2.00. The van der Waals surface area contributed by atoms with Gasteiger partial charge in [0.25, 0.3) is 0 Å². The summed E-state index contributed by atoms with van der Waals surface area (Å²) in [7, 11) is 0. The fourth-order valence-electron chi connectivity index (χ4n) is 1.39. The molecule has 1 atom stereocenters. The van der Waals surface area contributed by atoms with Crippen LogP contribution in [-0.2, 0) is 4.79 Å². The third kappa shape index (κ3) is 3.00. The molecule has 0 aliphatic carbocycles. The van der Waals surface area contributed by atoms with Crippen molar-refractivity contribution in [2.24, 2.45) is 5.73 Å². The van der Waals surface area contributed by atoms with E-state index in [1.165, 1.54) is 0 Å². The Balaban J connectivity index is 3.10. The first-order valence-electron chi connectivity index (χ1n) is 4.92. The average Bonchev–Trinajstić information content (AvgIpc) is 2.18. The summed E-state index contributed by atoms with van der Waals surface area (Å²) in [5, 5.41) is 2.78. The van der Waals surface area contributed by atoms with Gasteiger partial charge >= 0.3 is 0 Å². The summed E-state index contributed by atoms with van der Waals surface area (Å²) in [6, 6.07) is 1.85. The van der Waals surface area contributed by atoms with Gasteiger partial charge in [-0.05, 0) is 32.0 Å². The van der Waals surface area contributed by atoms with Crippen molar-refractivity contribution < 1.29 is 13.6 Å². The molecule has 0 saturated carbocycles. The van der Waals surface area contributed by atoms with E-state index >= 15 is 0 Å². The van der Waals surface area contributed by atoms with Crippen molar-refractivity contribution in [3.8, 4) is 0 Å². The Kier molecular flexibility index (Phi) is 3.95. The van der Waals surface area contributed by atoms with E-state index in [0.717, 1.165) is 18.2 Å². The number of nitrogens with two attached hydrogens (primary N) is 1. The SMILES string of the molecule is CC(C)NC(C(N)=O)c1cc(F)ccc1F. The normalized spacial score (nSPS) is 12.8. The first-order chi connectivity index (χ1) is 7.41. The summed E-state index contributed by atoms with van der Waals surface area (Å²) < 4.78 is 26.4. The number of rotatable bonds is 4. The highest BCUT2D eigenvalue weighted by Gasteiger charge is 2.22. The monoisotopic (exact) mass is 228 g/mol. The van der Waals surface area contributed by atoms with Crippen LogP contribution in [-0.4, -0.2) is 11.9 Å². The second-order valence-electron chi connectivity index (χ2n) is 3.82. The summed E-state index contributed by atoms with van der Waals surface area (Å²) >= 11 is 0. The van der Waals surface area contributed by atoms with Crippen LogP contribution in [0.3, 0.4) is 0 Å². The maximum Gasteiger partial charge on any atom is 0.239 e. The highest BCUT2D eigenvalue weighted by molar-refractivity contribution is 5.81. The number of amides is 1. The second kappa shape index (κ2) is 5.03. The summed E-state index contributed by atoms with van der Waals surface area (Å²) in [6.45, 7) is 3.57. The van der Waals surface area contributed by atoms with E-state index in [0.29, 0.717) is 0 Å². The molecule has 1 rings (SSSR count). The van der Waals surface area contributed by atoms with E-state index in [2.05, 4.69) is 5.32 Å². The largest absolute Gasteiger partial charge is 0.368 e. The molecule has 0 aromatic heterocycles. The number of hydrogen-bond acceptors (Lipinski definition) is 2. The van der Waals surface area contributed by atoms with Crippen molar-refractivity contribution >= 4 is 5.91 Å². The molecule has 1 aromatic carbocycles. The molecular formula is C11H14F2N2O. The van der Waals surface area contributed by atoms with Crippen LogP contribution in [0.4, 0.5) is 8.78 Å². The quantitative estimate of drug-likeness (QED) is 0.820. The lowest BCUT2D eigenvalue weighted by molar-refractivity contribution is -0.120. The Labute approximate surface area is 92.6 Å². The number of nitrogens with one attached hydrogen (secondary N) is 1. The van der Waals surface area contributed by atoms with Gasteiger partial charge in [0, 0.05) is 11.6 Å². The second-order valence-corrected chi connectivity index (χ2v) is 3.82. The average molecular weight is 228 g/mol. The zero-order chi connectivity index (χ0) is 12.3. The fraction of sp³-hybridized carbons (Fsp3) is 0.364. The van der Waals surface area contributed by atoms with Crippen molar-refractivity contribution in [3.63, 3.8) is 0 Å². The van der Waals surface area contributed by atoms with Gasteiger partial charge in [-0.1, -0.05) is 0 Å². The fourth-order valence-corrected chi connectivity index (χ4v) is 1.39. The highest BCUT2D eigenvalue weighted by Crippen LogP contribution is 2.18. The lowest BCUT2D eigenvalue weighted by atomic mass is 10.0. The standard InChI is InChI=1S/C11H14F2N2O/c1-6(2)15-10(11(14)16)8-5-7(12)3-4-9(8)13/h3-6,10,15H,1-2H3,(H2,14,16). The maximum absolute atomic E-state index is 13.4. The van der Waals surface area contributed by atoms with Gasteiger partial charge < -0.3 is 5.73 Å².